The number of rotatable bonds is 38. The van der Waals surface area contributed by atoms with Gasteiger partial charge < -0.3 is 14.8 Å². The van der Waals surface area contributed by atoms with Gasteiger partial charge in [0.2, 0.25) is 0 Å². The van der Waals surface area contributed by atoms with E-state index >= 15 is 0 Å². The molecule has 1 unspecified atom stereocenters. The molecule has 0 aromatic carbocycles. The van der Waals surface area contributed by atoms with E-state index in [1.807, 2.05) is 0 Å². The van der Waals surface area contributed by atoms with Crippen LogP contribution in [0.4, 0.5) is 0 Å². The van der Waals surface area contributed by atoms with Crippen molar-refractivity contribution < 1.29 is 39.5 Å². The van der Waals surface area contributed by atoms with Gasteiger partial charge in [-0.25, -0.2) is 0 Å². The normalized spacial score (nSPS) is 12.1. The summed E-state index contributed by atoms with van der Waals surface area (Å²) in [5, 5.41) is 11.0. The predicted octanol–water partition coefficient (Wildman–Crippen LogP) is 9.73. The minimum Gasteiger partial charge on any atom is -0.550 e. The summed E-state index contributed by atoms with van der Waals surface area (Å²) in [7, 11) is 0. The monoisotopic (exact) mass is 644 g/mol. The molecular weight excluding hydrogens is 561 g/mol. The molecule has 0 aliphatic carbocycles. The Kier molecular flexibility index (Phi) is 42.9. The second kappa shape index (κ2) is 40.6. The summed E-state index contributed by atoms with van der Waals surface area (Å²) < 4.78 is 0. The Bertz CT molecular complexity index is 522. The van der Waals surface area contributed by atoms with E-state index in [1.165, 1.54) is 205 Å². The molecule has 0 amide bonds. The topological polar surface area (TPSA) is 43.4 Å². The van der Waals surface area contributed by atoms with Crippen LogP contribution in [0.5, 0.6) is 0 Å². The molecule has 4 heteroatoms. The van der Waals surface area contributed by atoms with Gasteiger partial charge in [0.25, 0.3) is 0 Å². The molecule has 0 N–H and O–H groups in total. The predicted molar refractivity (Wildman–Crippen MR) is 194 cm³/mol. The van der Waals surface area contributed by atoms with E-state index in [-0.39, 0.29) is 36.0 Å². The molecule has 45 heavy (non-hydrogen) atoms. The number of carboxylic acids is 1. The smallest absolute Gasteiger partial charge is 0.550 e. The summed E-state index contributed by atoms with van der Waals surface area (Å²) in [6, 6.07) is 0.348. The van der Waals surface area contributed by atoms with Crippen molar-refractivity contribution in [3.05, 3.63) is 0 Å². The largest absolute Gasteiger partial charge is 1.00 e. The Morgan fingerprint density at radius 3 is 0.889 bits per heavy atom. The van der Waals surface area contributed by atoms with Gasteiger partial charge in [0.1, 0.15) is 0 Å². The third kappa shape index (κ3) is 38.8. The molecule has 0 aromatic heterocycles. The van der Waals surface area contributed by atoms with E-state index in [9.17, 15) is 9.90 Å². The van der Waals surface area contributed by atoms with Crippen molar-refractivity contribution in [2.24, 2.45) is 0 Å². The fourth-order valence-corrected chi connectivity index (χ4v) is 6.79. The van der Waals surface area contributed by atoms with Crippen molar-refractivity contribution in [1.29, 1.82) is 0 Å². The summed E-state index contributed by atoms with van der Waals surface area (Å²) in [5.41, 5.74) is 0. The standard InChI is InChI=1S/C41H83NO2.Na/c1-4-6-8-10-12-14-16-18-20-22-24-26-28-30-32-34-38-42(40(3)36-37-41(43)44)39-35-33-31-29-27-25-23-21-19-17-15-13-11-9-7-5-2;/h40H,4-39H2,1-3H3,(H,43,44);/q;+1/p-1. The second-order valence-corrected chi connectivity index (χ2v) is 14.4. The number of carbonyl (C=O) groups is 1. The van der Waals surface area contributed by atoms with Crippen molar-refractivity contribution in [2.45, 2.75) is 245 Å². The van der Waals surface area contributed by atoms with E-state index in [2.05, 4.69) is 25.7 Å². The number of hydrogen-bond acceptors (Lipinski definition) is 3. The van der Waals surface area contributed by atoms with Crippen LogP contribution in [0.1, 0.15) is 239 Å². The number of carboxylic acid groups (broad SMARTS) is 1. The molecule has 3 nitrogen and oxygen atoms in total. The number of carbonyl (C=O) groups excluding carboxylic acids is 1. The van der Waals surface area contributed by atoms with Gasteiger partial charge in [-0.05, 0) is 45.7 Å². The van der Waals surface area contributed by atoms with Crippen LogP contribution >= 0.6 is 0 Å². The summed E-state index contributed by atoms with van der Waals surface area (Å²) in [6.07, 6.45) is 45.8. The van der Waals surface area contributed by atoms with E-state index in [0.717, 1.165) is 19.5 Å². The van der Waals surface area contributed by atoms with Crippen LogP contribution in [0, 0.1) is 0 Å². The number of aliphatic carboxylic acids is 1. The van der Waals surface area contributed by atoms with E-state index in [4.69, 9.17) is 0 Å². The average Bonchev–Trinajstić information content (AvgIpc) is 3.02. The fraction of sp³-hybridized carbons (Fsp3) is 0.976. The molecule has 264 valence electrons. The Balaban J connectivity index is 0. The first-order valence-corrected chi connectivity index (χ1v) is 20.6. The Labute approximate surface area is 306 Å². The van der Waals surface area contributed by atoms with Crippen LogP contribution in [-0.2, 0) is 4.79 Å². The molecule has 0 aliphatic heterocycles. The molecule has 0 fully saturated rings. The summed E-state index contributed by atoms with van der Waals surface area (Å²) >= 11 is 0. The average molecular weight is 644 g/mol. The number of nitrogens with zero attached hydrogens (tertiary/aromatic N) is 1. The second-order valence-electron chi connectivity index (χ2n) is 14.4. The summed E-state index contributed by atoms with van der Waals surface area (Å²) in [6.45, 7) is 9.07. The molecule has 0 saturated heterocycles. The number of unbranched alkanes of at least 4 members (excludes halogenated alkanes) is 30. The third-order valence-electron chi connectivity index (χ3n) is 9.99. The van der Waals surface area contributed by atoms with Gasteiger partial charge in [-0.2, -0.15) is 0 Å². The van der Waals surface area contributed by atoms with Crippen LogP contribution in [0.2, 0.25) is 0 Å². The molecule has 0 aromatic rings. The van der Waals surface area contributed by atoms with Gasteiger partial charge in [-0.1, -0.05) is 206 Å². The fourth-order valence-electron chi connectivity index (χ4n) is 6.79. The first-order chi connectivity index (χ1) is 21.6. The summed E-state index contributed by atoms with van der Waals surface area (Å²) in [4.78, 5) is 13.6. The molecule has 0 saturated carbocycles. The molecule has 0 radical (unpaired) electrons. The third-order valence-corrected chi connectivity index (χ3v) is 9.99. The maximum atomic E-state index is 11.0. The van der Waals surface area contributed by atoms with Crippen molar-refractivity contribution in [3.63, 3.8) is 0 Å². The zero-order valence-electron chi connectivity index (χ0n) is 31.8. The Morgan fingerprint density at radius 1 is 0.444 bits per heavy atom. The van der Waals surface area contributed by atoms with Crippen LogP contribution in [0.15, 0.2) is 0 Å². The van der Waals surface area contributed by atoms with Gasteiger partial charge in [-0.3, -0.25) is 0 Å². The minimum absolute atomic E-state index is 0. The quantitative estimate of drug-likeness (QED) is 0.0497. The van der Waals surface area contributed by atoms with E-state index in [0.29, 0.717) is 6.04 Å². The molecule has 0 bridgehead atoms. The van der Waals surface area contributed by atoms with E-state index in [1.54, 1.807) is 0 Å². The molecular formula is C41H82NNaO2. The zero-order valence-corrected chi connectivity index (χ0v) is 33.8. The molecule has 1 atom stereocenters. The van der Waals surface area contributed by atoms with Gasteiger partial charge in [-0.15, -0.1) is 0 Å². The maximum Gasteiger partial charge on any atom is 1.00 e. The van der Waals surface area contributed by atoms with E-state index < -0.39 is 5.97 Å². The SMILES string of the molecule is CCCCCCCCCCCCCCCCCCN(CCCCCCCCCCCCCCCCCC)C(C)CCC(=O)[O-].[Na+]. The molecule has 0 spiro atoms. The summed E-state index contributed by atoms with van der Waals surface area (Å²) in [5.74, 6) is -0.901. The van der Waals surface area contributed by atoms with Crippen molar-refractivity contribution in [3.8, 4) is 0 Å². The van der Waals surface area contributed by atoms with Crippen molar-refractivity contribution in [2.75, 3.05) is 13.1 Å². The van der Waals surface area contributed by atoms with Crippen LogP contribution in [-0.4, -0.2) is 30.0 Å². The zero-order chi connectivity index (χ0) is 32.2. The first kappa shape index (κ1) is 47.5. The Hall–Kier alpha value is 0.430. The van der Waals surface area contributed by atoms with Crippen LogP contribution < -0.4 is 34.7 Å². The van der Waals surface area contributed by atoms with Crippen molar-refractivity contribution in [1.82, 2.24) is 4.90 Å². The Morgan fingerprint density at radius 2 is 0.667 bits per heavy atom. The van der Waals surface area contributed by atoms with Gasteiger partial charge in [0.05, 0.1) is 0 Å². The minimum atomic E-state index is -0.901. The van der Waals surface area contributed by atoms with Crippen LogP contribution in [0.3, 0.4) is 0 Å². The van der Waals surface area contributed by atoms with Gasteiger partial charge >= 0.3 is 29.6 Å². The van der Waals surface area contributed by atoms with Crippen molar-refractivity contribution >= 4 is 5.97 Å². The van der Waals surface area contributed by atoms with Gasteiger partial charge in [0.15, 0.2) is 0 Å². The van der Waals surface area contributed by atoms with Crippen LogP contribution in [0.25, 0.3) is 0 Å². The first-order valence-electron chi connectivity index (χ1n) is 20.6. The van der Waals surface area contributed by atoms with Gasteiger partial charge in [0, 0.05) is 12.0 Å². The molecule has 0 aliphatic rings. The maximum absolute atomic E-state index is 11.0. The molecule has 0 heterocycles. The number of hydrogen-bond donors (Lipinski definition) is 0. The molecule has 0 rings (SSSR count).